The van der Waals surface area contributed by atoms with Gasteiger partial charge >= 0.3 is 6.18 Å². The lowest BCUT2D eigenvalue weighted by atomic mass is 9.96. The normalized spacial score (nSPS) is 11.7. The molecule has 0 radical (unpaired) electrons. The Bertz CT molecular complexity index is 632. The van der Waals surface area contributed by atoms with Gasteiger partial charge in [0.2, 0.25) is 0 Å². The molecular formula is C15H13F4N. The third kappa shape index (κ3) is 2.82. The number of rotatable bonds is 2. The van der Waals surface area contributed by atoms with Crippen molar-refractivity contribution in [2.45, 2.75) is 19.6 Å². The van der Waals surface area contributed by atoms with Crippen LogP contribution in [0.5, 0.6) is 0 Å². The molecule has 0 bridgehead atoms. The highest BCUT2D eigenvalue weighted by Gasteiger charge is 2.30. The van der Waals surface area contributed by atoms with Crippen LogP contribution in [0.2, 0.25) is 0 Å². The van der Waals surface area contributed by atoms with Crippen LogP contribution in [0.25, 0.3) is 11.1 Å². The van der Waals surface area contributed by atoms with Crippen molar-refractivity contribution >= 4 is 0 Å². The summed E-state index contributed by atoms with van der Waals surface area (Å²) in [5.41, 5.74) is 6.54. The predicted molar refractivity (Wildman–Crippen MR) is 69.5 cm³/mol. The Morgan fingerprint density at radius 2 is 1.70 bits per heavy atom. The molecule has 0 amide bonds. The lowest BCUT2D eigenvalue weighted by Crippen LogP contribution is -2.05. The van der Waals surface area contributed by atoms with Crippen LogP contribution >= 0.6 is 0 Å². The average Bonchev–Trinajstić information content (AvgIpc) is 2.38. The van der Waals surface area contributed by atoms with Gasteiger partial charge in [-0.15, -0.1) is 0 Å². The number of halogens is 4. The molecule has 2 aromatic rings. The highest BCUT2D eigenvalue weighted by molar-refractivity contribution is 5.69. The van der Waals surface area contributed by atoms with Crippen molar-refractivity contribution < 1.29 is 17.6 Å². The monoisotopic (exact) mass is 283 g/mol. The van der Waals surface area contributed by atoms with Gasteiger partial charge < -0.3 is 5.73 Å². The molecule has 0 atom stereocenters. The second kappa shape index (κ2) is 5.25. The molecule has 2 aromatic carbocycles. The zero-order chi connectivity index (χ0) is 14.9. The Hall–Kier alpha value is -1.88. The molecule has 0 saturated heterocycles. The van der Waals surface area contributed by atoms with Gasteiger partial charge in [0.15, 0.2) is 0 Å². The van der Waals surface area contributed by atoms with Gasteiger partial charge in [0.25, 0.3) is 0 Å². The SMILES string of the molecule is Cc1cc(C(F)(F)F)ccc1-c1cc(CN)ccc1F. The topological polar surface area (TPSA) is 26.0 Å². The Balaban J connectivity index is 2.54. The van der Waals surface area contributed by atoms with Crippen LogP contribution in [0.3, 0.4) is 0 Å². The minimum atomic E-state index is -4.40. The fourth-order valence-corrected chi connectivity index (χ4v) is 2.05. The Kier molecular flexibility index (Phi) is 3.81. The smallest absolute Gasteiger partial charge is 0.326 e. The third-order valence-corrected chi connectivity index (χ3v) is 3.11. The van der Waals surface area contributed by atoms with Crippen molar-refractivity contribution in [3.63, 3.8) is 0 Å². The summed E-state index contributed by atoms with van der Waals surface area (Å²) in [5.74, 6) is -0.481. The van der Waals surface area contributed by atoms with Crippen molar-refractivity contribution in [2.75, 3.05) is 0 Å². The molecule has 1 nitrogen and oxygen atoms in total. The zero-order valence-electron chi connectivity index (χ0n) is 10.8. The summed E-state index contributed by atoms with van der Waals surface area (Å²) in [4.78, 5) is 0. The Morgan fingerprint density at radius 3 is 2.25 bits per heavy atom. The van der Waals surface area contributed by atoms with Gasteiger partial charge in [0.1, 0.15) is 5.82 Å². The standard InChI is InChI=1S/C15H13F4N/c1-9-6-11(15(17,18)19)3-4-12(9)13-7-10(8-20)2-5-14(13)16/h2-7H,8,20H2,1H3. The lowest BCUT2D eigenvalue weighted by molar-refractivity contribution is -0.137. The molecule has 5 heteroatoms. The molecule has 0 heterocycles. The summed E-state index contributed by atoms with van der Waals surface area (Å²) in [7, 11) is 0. The molecule has 0 unspecified atom stereocenters. The summed E-state index contributed by atoms with van der Waals surface area (Å²) in [5, 5.41) is 0. The molecule has 2 N–H and O–H groups in total. The van der Waals surface area contributed by atoms with E-state index in [2.05, 4.69) is 0 Å². The fourth-order valence-electron chi connectivity index (χ4n) is 2.05. The summed E-state index contributed by atoms with van der Waals surface area (Å²) in [6, 6.07) is 7.65. The van der Waals surface area contributed by atoms with E-state index < -0.39 is 17.6 Å². The molecule has 0 spiro atoms. The van der Waals surface area contributed by atoms with E-state index in [1.165, 1.54) is 19.1 Å². The van der Waals surface area contributed by atoms with Crippen molar-refractivity contribution in [1.29, 1.82) is 0 Å². The molecule has 0 aliphatic carbocycles. The predicted octanol–water partition coefficient (Wildman–Crippen LogP) is 4.28. The van der Waals surface area contributed by atoms with Crippen molar-refractivity contribution in [3.05, 3.63) is 58.9 Å². The van der Waals surface area contributed by atoms with Crippen LogP contribution in [0, 0.1) is 12.7 Å². The number of alkyl halides is 3. The van der Waals surface area contributed by atoms with E-state index in [-0.39, 0.29) is 12.1 Å². The van der Waals surface area contributed by atoms with E-state index in [1.54, 1.807) is 12.1 Å². The summed E-state index contributed by atoms with van der Waals surface area (Å²) < 4.78 is 51.7. The third-order valence-electron chi connectivity index (χ3n) is 3.11. The van der Waals surface area contributed by atoms with Crippen molar-refractivity contribution in [3.8, 4) is 11.1 Å². The molecular weight excluding hydrogens is 270 g/mol. The van der Waals surface area contributed by atoms with Crippen molar-refractivity contribution in [2.24, 2.45) is 5.73 Å². The fraction of sp³-hybridized carbons (Fsp3) is 0.200. The maximum absolute atomic E-state index is 13.8. The number of hydrogen-bond acceptors (Lipinski definition) is 1. The van der Waals surface area contributed by atoms with Gasteiger partial charge in [0.05, 0.1) is 5.56 Å². The van der Waals surface area contributed by atoms with Gasteiger partial charge in [-0.1, -0.05) is 12.1 Å². The van der Waals surface area contributed by atoms with E-state index in [0.29, 0.717) is 11.1 Å². The largest absolute Gasteiger partial charge is 0.416 e. The molecule has 0 aliphatic heterocycles. The van der Waals surface area contributed by atoms with Gasteiger partial charge in [-0.2, -0.15) is 13.2 Å². The van der Waals surface area contributed by atoms with E-state index in [1.807, 2.05) is 0 Å². The Morgan fingerprint density at radius 1 is 1.00 bits per heavy atom. The Labute approximate surface area is 114 Å². The highest BCUT2D eigenvalue weighted by atomic mass is 19.4. The molecule has 0 saturated carbocycles. The van der Waals surface area contributed by atoms with E-state index in [4.69, 9.17) is 5.73 Å². The first-order chi connectivity index (χ1) is 9.32. The molecule has 2 rings (SSSR count). The second-order valence-corrected chi connectivity index (χ2v) is 4.55. The van der Waals surface area contributed by atoms with Gasteiger partial charge in [0, 0.05) is 12.1 Å². The van der Waals surface area contributed by atoms with E-state index in [0.717, 1.165) is 17.7 Å². The van der Waals surface area contributed by atoms with Gasteiger partial charge in [-0.3, -0.25) is 0 Å². The van der Waals surface area contributed by atoms with Crippen LogP contribution in [0.1, 0.15) is 16.7 Å². The molecule has 20 heavy (non-hydrogen) atoms. The van der Waals surface area contributed by atoms with Crippen LogP contribution < -0.4 is 5.73 Å². The first-order valence-corrected chi connectivity index (χ1v) is 5.99. The number of aryl methyl sites for hydroxylation is 1. The van der Waals surface area contributed by atoms with Gasteiger partial charge in [-0.05, 0) is 47.9 Å². The lowest BCUT2D eigenvalue weighted by Gasteiger charge is -2.12. The van der Waals surface area contributed by atoms with Crippen LogP contribution in [-0.2, 0) is 12.7 Å². The minimum Gasteiger partial charge on any atom is -0.326 e. The summed E-state index contributed by atoms with van der Waals surface area (Å²) in [6.45, 7) is 1.77. The van der Waals surface area contributed by atoms with Crippen LogP contribution in [-0.4, -0.2) is 0 Å². The van der Waals surface area contributed by atoms with Crippen LogP contribution in [0.15, 0.2) is 36.4 Å². The van der Waals surface area contributed by atoms with E-state index in [9.17, 15) is 17.6 Å². The highest BCUT2D eigenvalue weighted by Crippen LogP contribution is 2.34. The molecule has 0 aliphatic rings. The van der Waals surface area contributed by atoms with Crippen molar-refractivity contribution in [1.82, 2.24) is 0 Å². The number of nitrogens with two attached hydrogens (primary N) is 1. The average molecular weight is 283 g/mol. The maximum atomic E-state index is 13.8. The maximum Gasteiger partial charge on any atom is 0.416 e. The van der Waals surface area contributed by atoms with Crippen LogP contribution in [0.4, 0.5) is 17.6 Å². The van der Waals surface area contributed by atoms with Gasteiger partial charge in [-0.25, -0.2) is 4.39 Å². The minimum absolute atomic E-state index is 0.243. The summed E-state index contributed by atoms with van der Waals surface area (Å²) >= 11 is 0. The van der Waals surface area contributed by atoms with E-state index >= 15 is 0 Å². The molecule has 106 valence electrons. The quantitative estimate of drug-likeness (QED) is 0.818. The number of benzene rings is 2. The first kappa shape index (κ1) is 14.5. The zero-order valence-corrected chi connectivity index (χ0v) is 10.8. The second-order valence-electron chi connectivity index (χ2n) is 4.55. The first-order valence-electron chi connectivity index (χ1n) is 5.99. The summed E-state index contributed by atoms with van der Waals surface area (Å²) in [6.07, 6.45) is -4.40. The number of hydrogen-bond donors (Lipinski definition) is 1. The molecule has 0 aromatic heterocycles. The molecule has 0 fully saturated rings.